The Morgan fingerprint density at radius 1 is 1.27 bits per heavy atom. The topological polar surface area (TPSA) is 239 Å². The number of aromatic nitrogens is 2. The van der Waals surface area contributed by atoms with Crippen LogP contribution < -0.4 is 11.4 Å². The Morgan fingerprint density at radius 2 is 1.93 bits per heavy atom. The van der Waals surface area contributed by atoms with Crippen LogP contribution in [0.4, 0.5) is 5.82 Å². The van der Waals surface area contributed by atoms with Gasteiger partial charge in [-0.25, -0.2) is 18.5 Å². The number of nitrogens with two attached hydrogens (primary N) is 1. The van der Waals surface area contributed by atoms with Crippen LogP contribution in [-0.2, 0) is 36.3 Å². The SMILES string of the molecule is Nc1ccn([C@@H]2O[C@@]3(COP(=O)(O)OP(=O)(O)OP(=O)(O)O)CO[C@@H]2[C@@H]3S)c(=O)n1. The van der Waals surface area contributed by atoms with Gasteiger partial charge in [0.25, 0.3) is 0 Å². The lowest BCUT2D eigenvalue weighted by Gasteiger charge is -2.31. The highest BCUT2D eigenvalue weighted by molar-refractivity contribution is 7.81. The van der Waals surface area contributed by atoms with Crippen molar-refractivity contribution < 1.29 is 55.9 Å². The molecule has 16 nitrogen and oxygen atoms in total. The maximum Gasteiger partial charge on any atom is 0.490 e. The molecule has 1 aromatic heterocycles. The maximum absolute atomic E-state index is 12.0. The molecule has 0 saturated carbocycles. The summed E-state index contributed by atoms with van der Waals surface area (Å²) in [4.78, 5) is 51.5. The van der Waals surface area contributed by atoms with Crippen LogP contribution in [0.3, 0.4) is 0 Å². The van der Waals surface area contributed by atoms with E-state index < -0.39 is 58.9 Å². The van der Waals surface area contributed by atoms with Crippen LogP contribution in [0.5, 0.6) is 0 Å². The zero-order valence-corrected chi connectivity index (χ0v) is 18.1. The average Bonchev–Trinajstić information content (AvgIpc) is 3.00. The number of hydrogen-bond acceptors (Lipinski definition) is 12. The van der Waals surface area contributed by atoms with Crippen molar-refractivity contribution in [2.75, 3.05) is 18.9 Å². The fourth-order valence-electron chi connectivity index (χ4n) is 2.85. The maximum atomic E-state index is 12.0. The van der Waals surface area contributed by atoms with Crippen LogP contribution in [0.15, 0.2) is 17.1 Å². The molecule has 2 saturated heterocycles. The number of thiol groups is 1. The smallest absolute Gasteiger partial charge is 0.383 e. The van der Waals surface area contributed by atoms with Gasteiger partial charge in [0.15, 0.2) is 6.23 Å². The number of ether oxygens (including phenoxy) is 2. The average molecular weight is 511 g/mol. The number of nitrogen functional groups attached to an aromatic ring is 1. The minimum Gasteiger partial charge on any atom is -0.383 e. The van der Waals surface area contributed by atoms with Gasteiger partial charge in [0.05, 0.1) is 18.5 Å². The largest absolute Gasteiger partial charge is 0.490 e. The summed E-state index contributed by atoms with van der Waals surface area (Å²) in [6.07, 6.45) is -0.525. The number of rotatable bonds is 8. The number of nitrogens with zero attached hydrogens (tertiary/aromatic N) is 2. The summed E-state index contributed by atoms with van der Waals surface area (Å²) in [5, 5.41) is -0.778. The van der Waals surface area contributed by atoms with Crippen LogP contribution in [0.1, 0.15) is 6.23 Å². The standard InChI is InChI=1S/C10H16N3O13P3S/c11-5-1-2-13(9(14)12-5)8-6-7(30)10(24-8,3-22-6)4-23-28(18,19)26-29(20,21)25-27(15,16)17/h1-2,6-8,30H,3-4H2,(H,18,19)(H,20,21)(H2,11,12,14)(H2,15,16,17)/t6-,7+,8-,10-/m1/s1. The van der Waals surface area contributed by atoms with E-state index in [2.05, 4.69) is 30.8 Å². The molecule has 0 amide bonds. The highest BCUT2D eigenvalue weighted by Gasteiger charge is 2.62. The lowest BCUT2D eigenvalue weighted by molar-refractivity contribution is -0.183. The van der Waals surface area contributed by atoms with Crippen molar-refractivity contribution in [1.82, 2.24) is 9.55 Å². The molecular weight excluding hydrogens is 495 g/mol. The first-order chi connectivity index (χ1) is 13.6. The van der Waals surface area contributed by atoms with E-state index in [9.17, 15) is 28.3 Å². The molecule has 0 aromatic carbocycles. The molecule has 170 valence electrons. The van der Waals surface area contributed by atoms with E-state index in [0.29, 0.717) is 0 Å². The molecule has 30 heavy (non-hydrogen) atoms. The Balaban J connectivity index is 1.72. The van der Waals surface area contributed by atoms with Gasteiger partial charge in [-0.2, -0.15) is 26.2 Å². The second-order valence-corrected chi connectivity index (χ2v) is 11.2. The van der Waals surface area contributed by atoms with Crippen molar-refractivity contribution >= 4 is 41.9 Å². The third-order valence-electron chi connectivity index (χ3n) is 4.02. The van der Waals surface area contributed by atoms with E-state index in [1.165, 1.54) is 12.3 Å². The molecule has 3 heterocycles. The monoisotopic (exact) mass is 511 g/mol. The van der Waals surface area contributed by atoms with E-state index in [-0.39, 0.29) is 12.4 Å². The lowest BCUT2D eigenvalue weighted by atomic mass is 10.0. The van der Waals surface area contributed by atoms with E-state index in [1.54, 1.807) is 0 Å². The third-order valence-corrected chi connectivity index (χ3v) is 8.57. The summed E-state index contributed by atoms with van der Waals surface area (Å²) in [5.41, 5.74) is 3.20. The van der Waals surface area contributed by atoms with E-state index >= 15 is 0 Å². The van der Waals surface area contributed by atoms with Crippen molar-refractivity contribution in [3.8, 4) is 0 Å². The van der Waals surface area contributed by atoms with Gasteiger partial charge in [0, 0.05) is 6.20 Å². The zero-order chi connectivity index (χ0) is 22.5. The molecule has 2 bridgehead atoms. The Morgan fingerprint density at radius 3 is 2.53 bits per heavy atom. The summed E-state index contributed by atoms with van der Waals surface area (Å²) in [7, 11) is -16.5. The molecular formula is C10H16N3O13P3S. The number of anilines is 1. The molecule has 3 rings (SSSR count). The fraction of sp³-hybridized carbons (Fsp3) is 0.600. The van der Waals surface area contributed by atoms with Gasteiger partial charge in [-0.1, -0.05) is 0 Å². The van der Waals surface area contributed by atoms with Crippen molar-refractivity contribution in [3.05, 3.63) is 22.7 Å². The highest BCUT2D eigenvalue weighted by Crippen LogP contribution is 2.66. The van der Waals surface area contributed by atoms with Crippen molar-refractivity contribution in [1.29, 1.82) is 0 Å². The van der Waals surface area contributed by atoms with Crippen LogP contribution in [0, 0.1) is 0 Å². The Hall–Kier alpha value is -0.640. The van der Waals surface area contributed by atoms with Gasteiger partial charge in [0.1, 0.15) is 17.5 Å². The van der Waals surface area contributed by atoms with Crippen LogP contribution in [-0.4, -0.2) is 59.3 Å². The van der Waals surface area contributed by atoms with Crippen molar-refractivity contribution in [2.24, 2.45) is 0 Å². The predicted molar refractivity (Wildman–Crippen MR) is 98.1 cm³/mol. The van der Waals surface area contributed by atoms with E-state index in [4.69, 9.17) is 25.0 Å². The third kappa shape index (κ3) is 5.22. The Bertz CT molecular complexity index is 1030. The fourth-order valence-corrected chi connectivity index (χ4v) is 6.37. The summed E-state index contributed by atoms with van der Waals surface area (Å²) in [5.74, 6) is -0.0230. The first-order valence-electron chi connectivity index (χ1n) is 7.74. The number of fused-ring (bicyclic) bond motifs is 2. The minimum absolute atomic E-state index is 0.0230. The molecule has 6 N–H and O–H groups in total. The predicted octanol–water partition coefficient (Wildman–Crippen LogP) is -0.866. The molecule has 2 fully saturated rings. The van der Waals surface area contributed by atoms with Crippen LogP contribution >= 0.6 is 36.1 Å². The molecule has 0 radical (unpaired) electrons. The lowest BCUT2D eigenvalue weighted by Crippen LogP contribution is -2.43. The second-order valence-electron chi connectivity index (χ2n) is 6.20. The molecule has 2 aliphatic heterocycles. The minimum atomic E-state index is -5.66. The van der Waals surface area contributed by atoms with Gasteiger partial charge in [0.2, 0.25) is 0 Å². The van der Waals surface area contributed by atoms with Crippen LogP contribution in [0.2, 0.25) is 0 Å². The molecule has 1 aromatic rings. The van der Waals surface area contributed by atoms with Crippen molar-refractivity contribution in [3.63, 3.8) is 0 Å². The Kier molecular flexibility index (Phi) is 6.44. The van der Waals surface area contributed by atoms with E-state index in [1.807, 2.05) is 0 Å². The number of hydrogen-bond donors (Lipinski definition) is 6. The second kappa shape index (κ2) is 8.05. The van der Waals surface area contributed by atoms with Crippen LogP contribution in [0.25, 0.3) is 0 Å². The molecule has 0 aliphatic carbocycles. The number of phosphoric acid groups is 3. The molecule has 0 spiro atoms. The molecule has 6 atom stereocenters. The molecule has 2 aliphatic rings. The summed E-state index contributed by atoms with van der Waals surface area (Å²) in [6, 6.07) is 1.34. The van der Waals surface area contributed by atoms with E-state index in [0.717, 1.165) is 4.57 Å². The summed E-state index contributed by atoms with van der Waals surface area (Å²) in [6.45, 7) is -0.954. The Labute approximate surface area is 172 Å². The first kappa shape index (κ1) is 24.0. The molecule has 2 unspecified atom stereocenters. The first-order valence-corrected chi connectivity index (χ1v) is 12.8. The normalized spacial score (nSPS) is 32.6. The van der Waals surface area contributed by atoms with Gasteiger partial charge in [-0.3, -0.25) is 9.09 Å². The van der Waals surface area contributed by atoms with Gasteiger partial charge in [-0.15, -0.1) is 0 Å². The van der Waals surface area contributed by atoms with Gasteiger partial charge < -0.3 is 34.8 Å². The van der Waals surface area contributed by atoms with Gasteiger partial charge in [-0.05, 0) is 6.07 Å². The summed E-state index contributed by atoms with van der Waals surface area (Å²) < 4.78 is 58.2. The highest BCUT2D eigenvalue weighted by atomic mass is 32.1. The number of phosphoric ester groups is 1. The van der Waals surface area contributed by atoms with Crippen molar-refractivity contribution in [2.45, 2.75) is 23.2 Å². The van der Waals surface area contributed by atoms with Gasteiger partial charge >= 0.3 is 29.2 Å². The molecule has 20 heteroatoms. The quantitative estimate of drug-likeness (QED) is 0.184. The zero-order valence-electron chi connectivity index (χ0n) is 14.5. The summed E-state index contributed by atoms with van der Waals surface area (Å²) >= 11 is 4.33.